The van der Waals surface area contributed by atoms with Crippen LogP contribution in [0.3, 0.4) is 0 Å². The Labute approximate surface area is 155 Å². The van der Waals surface area contributed by atoms with Crippen LogP contribution in [0.1, 0.15) is 16.1 Å². The van der Waals surface area contributed by atoms with Crippen LogP contribution in [0.25, 0.3) is 0 Å². The fourth-order valence-electron chi connectivity index (χ4n) is 2.25. The van der Waals surface area contributed by atoms with E-state index >= 15 is 0 Å². The summed E-state index contributed by atoms with van der Waals surface area (Å²) in [5.74, 6) is 0.450. The Balaban J connectivity index is 1.53. The number of amides is 3. The molecule has 132 valence electrons. The molecule has 6 nitrogen and oxygen atoms in total. The first kappa shape index (κ1) is 17.6. The Morgan fingerprint density at radius 3 is 2.38 bits per heavy atom. The van der Waals surface area contributed by atoms with Gasteiger partial charge in [-0.2, -0.15) is 0 Å². The average molecular weight is 370 g/mol. The van der Waals surface area contributed by atoms with E-state index in [-0.39, 0.29) is 5.91 Å². The Hall–Kier alpha value is -3.25. The van der Waals surface area contributed by atoms with E-state index in [2.05, 4.69) is 16.0 Å². The Morgan fingerprint density at radius 1 is 0.923 bits per heavy atom. The summed E-state index contributed by atoms with van der Waals surface area (Å²) < 4.78 is 5.16. The highest BCUT2D eigenvalue weighted by atomic mass is 35.5. The van der Waals surface area contributed by atoms with Gasteiger partial charge in [0, 0.05) is 22.0 Å². The summed E-state index contributed by atoms with van der Waals surface area (Å²) in [6, 6.07) is 16.6. The number of anilines is 2. The molecule has 2 aromatic carbocycles. The maximum atomic E-state index is 12.1. The van der Waals surface area contributed by atoms with E-state index in [9.17, 15) is 9.59 Å². The van der Waals surface area contributed by atoms with E-state index in [1.807, 2.05) is 0 Å². The summed E-state index contributed by atoms with van der Waals surface area (Å²) in [7, 11) is 0. The number of hydrogen-bond acceptors (Lipinski definition) is 3. The fourth-order valence-corrected chi connectivity index (χ4v) is 2.44. The van der Waals surface area contributed by atoms with Gasteiger partial charge in [0.15, 0.2) is 0 Å². The second-order valence-corrected chi connectivity index (χ2v) is 5.87. The molecule has 3 aromatic rings. The van der Waals surface area contributed by atoms with Crippen LogP contribution in [-0.2, 0) is 6.54 Å². The lowest BCUT2D eigenvalue weighted by atomic mass is 10.2. The molecule has 0 aliphatic heterocycles. The van der Waals surface area contributed by atoms with E-state index < -0.39 is 6.03 Å². The zero-order chi connectivity index (χ0) is 18.4. The minimum absolute atomic E-state index is 0.226. The zero-order valence-corrected chi connectivity index (χ0v) is 14.4. The number of carbonyl (C=O) groups is 2. The molecule has 0 unspecified atom stereocenters. The molecule has 0 spiro atoms. The highest BCUT2D eigenvalue weighted by molar-refractivity contribution is 6.30. The van der Waals surface area contributed by atoms with E-state index in [0.29, 0.717) is 34.3 Å². The third-order valence-electron chi connectivity index (χ3n) is 3.49. The third kappa shape index (κ3) is 4.87. The second kappa shape index (κ2) is 8.22. The molecule has 0 radical (unpaired) electrons. The Morgan fingerprint density at radius 2 is 1.69 bits per heavy atom. The van der Waals surface area contributed by atoms with Gasteiger partial charge in [-0.25, -0.2) is 4.79 Å². The van der Waals surface area contributed by atoms with Crippen molar-refractivity contribution in [2.45, 2.75) is 6.54 Å². The first-order chi connectivity index (χ1) is 12.6. The van der Waals surface area contributed by atoms with Crippen LogP contribution in [0.5, 0.6) is 0 Å². The topological polar surface area (TPSA) is 83.4 Å². The molecule has 3 rings (SSSR count). The van der Waals surface area contributed by atoms with Crippen LogP contribution in [-0.4, -0.2) is 11.9 Å². The maximum Gasteiger partial charge on any atom is 0.323 e. The zero-order valence-electron chi connectivity index (χ0n) is 13.7. The lowest BCUT2D eigenvalue weighted by molar-refractivity contribution is 0.0948. The summed E-state index contributed by atoms with van der Waals surface area (Å²) in [5, 5.41) is 8.66. The molecule has 0 saturated heterocycles. The van der Waals surface area contributed by atoms with Gasteiger partial charge in [-0.1, -0.05) is 17.7 Å². The van der Waals surface area contributed by atoms with E-state index in [1.165, 1.54) is 0 Å². The van der Waals surface area contributed by atoms with Gasteiger partial charge in [0.2, 0.25) is 0 Å². The van der Waals surface area contributed by atoms with Crippen molar-refractivity contribution in [1.29, 1.82) is 0 Å². The minimum Gasteiger partial charge on any atom is -0.467 e. The van der Waals surface area contributed by atoms with Crippen LogP contribution in [0.4, 0.5) is 16.2 Å². The van der Waals surface area contributed by atoms with Crippen LogP contribution >= 0.6 is 11.6 Å². The van der Waals surface area contributed by atoms with Gasteiger partial charge < -0.3 is 20.4 Å². The normalized spacial score (nSPS) is 10.2. The van der Waals surface area contributed by atoms with Gasteiger partial charge in [0.1, 0.15) is 5.76 Å². The van der Waals surface area contributed by atoms with Crippen molar-refractivity contribution in [3.8, 4) is 0 Å². The molecule has 0 fully saturated rings. The predicted molar refractivity (Wildman–Crippen MR) is 100 cm³/mol. The van der Waals surface area contributed by atoms with Crippen molar-refractivity contribution < 1.29 is 14.0 Å². The van der Waals surface area contributed by atoms with Crippen molar-refractivity contribution in [2.24, 2.45) is 0 Å². The van der Waals surface area contributed by atoms with Crippen molar-refractivity contribution in [3.05, 3.63) is 83.3 Å². The van der Waals surface area contributed by atoms with Gasteiger partial charge in [-0.05, 0) is 54.6 Å². The quantitative estimate of drug-likeness (QED) is 0.618. The van der Waals surface area contributed by atoms with Gasteiger partial charge in [0.25, 0.3) is 5.91 Å². The third-order valence-corrected chi connectivity index (χ3v) is 3.73. The number of carbonyl (C=O) groups excluding carboxylic acids is 2. The molecule has 0 aliphatic carbocycles. The van der Waals surface area contributed by atoms with Gasteiger partial charge in [0.05, 0.1) is 12.8 Å². The van der Waals surface area contributed by atoms with Gasteiger partial charge >= 0.3 is 6.03 Å². The summed E-state index contributed by atoms with van der Waals surface area (Å²) in [6.07, 6.45) is 1.55. The summed E-state index contributed by atoms with van der Waals surface area (Å²) in [6.45, 7) is 0.313. The number of benzene rings is 2. The molecule has 26 heavy (non-hydrogen) atoms. The smallest absolute Gasteiger partial charge is 0.323 e. The van der Waals surface area contributed by atoms with Gasteiger partial charge in [-0.15, -0.1) is 0 Å². The molecule has 1 aromatic heterocycles. The summed E-state index contributed by atoms with van der Waals surface area (Å²) in [5.41, 5.74) is 1.63. The van der Waals surface area contributed by atoms with E-state index in [4.69, 9.17) is 16.0 Å². The predicted octanol–water partition coefficient (Wildman–Crippen LogP) is 4.51. The highest BCUT2D eigenvalue weighted by Crippen LogP contribution is 2.16. The fraction of sp³-hybridized carbons (Fsp3) is 0.0526. The molecular formula is C19H16ClN3O3. The largest absolute Gasteiger partial charge is 0.467 e. The monoisotopic (exact) mass is 369 g/mol. The summed E-state index contributed by atoms with van der Waals surface area (Å²) >= 11 is 5.88. The second-order valence-electron chi connectivity index (χ2n) is 5.43. The van der Waals surface area contributed by atoms with Crippen LogP contribution < -0.4 is 16.0 Å². The van der Waals surface area contributed by atoms with E-state index in [1.54, 1.807) is 66.9 Å². The van der Waals surface area contributed by atoms with Crippen LogP contribution in [0.15, 0.2) is 71.3 Å². The van der Waals surface area contributed by atoms with Crippen molar-refractivity contribution in [3.63, 3.8) is 0 Å². The Kier molecular flexibility index (Phi) is 5.56. The molecule has 0 aliphatic rings. The summed E-state index contributed by atoms with van der Waals surface area (Å²) in [4.78, 5) is 24.1. The van der Waals surface area contributed by atoms with Crippen molar-refractivity contribution in [1.82, 2.24) is 5.32 Å². The lowest BCUT2D eigenvalue weighted by Gasteiger charge is -2.09. The molecule has 3 amide bonds. The number of rotatable bonds is 5. The number of furan rings is 1. The number of nitrogens with one attached hydrogen (secondary N) is 3. The van der Waals surface area contributed by atoms with Crippen molar-refractivity contribution >= 4 is 34.9 Å². The number of halogens is 1. The number of hydrogen-bond donors (Lipinski definition) is 3. The highest BCUT2D eigenvalue weighted by Gasteiger charge is 2.08. The standard InChI is InChI=1S/C19H16ClN3O3/c20-14-3-1-4-16(11-14)23-19(25)22-15-8-6-13(7-9-15)18(24)21-12-17-5-2-10-26-17/h1-11H,12H2,(H,21,24)(H2,22,23,25). The van der Waals surface area contributed by atoms with E-state index in [0.717, 1.165) is 0 Å². The van der Waals surface area contributed by atoms with Crippen LogP contribution in [0.2, 0.25) is 5.02 Å². The molecular weight excluding hydrogens is 354 g/mol. The van der Waals surface area contributed by atoms with Crippen LogP contribution in [0, 0.1) is 0 Å². The molecule has 0 bridgehead atoms. The number of urea groups is 1. The lowest BCUT2D eigenvalue weighted by Crippen LogP contribution is -2.22. The molecule has 0 saturated carbocycles. The minimum atomic E-state index is -0.401. The first-order valence-corrected chi connectivity index (χ1v) is 8.22. The molecule has 7 heteroatoms. The Bertz CT molecular complexity index is 893. The van der Waals surface area contributed by atoms with Crippen molar-refractivity contribution in [2.75, 3.05) is 10.6 Å². The maximum absolute atomic E-state index is 12.1. The van der Waals surface area contributed by atoms with Gasteiger partial charge in [-0.3, -0.25) is 4.79 Å². The average Bonchev–Trinajstić information content (AvgIpc) is 3.14. The molecule has 0 atom stereocenters. The molecule has 1 heterocycles. The molecule has 3 N–H and O–H groups in total. The first-order valence-electron chi connectivity index (χ1n) is 7.84. The SMILES string of the molecule is O=C(Nc1ccc(C(=O)NCc2ccco2)cc1)Nc1cccc(Cl)c1.